The van der Waals surface area contributed by atoms with Crippen LogP contribution in [0.25, 0.3) is 28.0 Å². The molecular formula is C21H24N10. The third-order valence-electron chi connectivity index (χ3n) is 6.36. The van der Waals surface area contributed by atoms with Crippen molar-refractivity contribution in [2.24, 2.45) is 12.8 Å². The number of hydrogen-bond acceptors (Lipinski definition) is 7. The summed E-state index contributed by atoms with van der Waals surface area (Å²) in [7, 11) is 1.79. The van der Waals surface area contributed by atoms with E-state index in [1.165, 1.54) is 0 Å². The molecule has 0 aliphatic heterocycles. The van der Waals surface area contributed by atoms with Gasteiger partial charge in [-0.1, -0.05) is 0 Å². The van der Waals surface area contributed by atoms with Crippen molar-refractivity contribution >= 4 is 11.3 Å². The zero-order chi connectivity index (χ0) is 21.6. The van der Waals surface area contributed by atoms with Gasteiger partial charge in [0.1, 0.15) is 5.82 Å². The van der Waals surface area contributed by atoms with Gasteiger partial charge < -0.3 is 11.5 Å². The summed E-state index contributed by atoms with van der Waals surface area (Å²) in [5.74, 6) is 0.534. The van der Waals surface area contributed by atoms with Crippen molar-refractivity contribution in [2.75, 3.05) is 5.73 Å². The number of anilines is 1. The van der Waals surface area contributed by atoms with Crippen LogP contribution in [-0.4, -0.2) is 40.2 Å². The number of aryl methyl sites for hydroxylation is 1. The van der Waals surface area contributed by atoms with Crippen molar-refractivity contribution in [1.82, 2.24) is 34.2 Å². The molecule has 1 saturated carbocycles. The van der Waals surface area contributed by atoms with Gasteiger partial charge in [-0.25, -0.2) is 9.50 Å². The number of hydrogen-bond donors (Lipinski definition) is 2. The average molecular weight is 416 g/mol. The molecule has 158 valence electrons. The molecule has 4 aromatic rings. The second-order valence-corrected chi connectivity index (χ2v) is 8.27. The molecule has 0 radical (unpaired) electrons. The fourth-order valence-corrected chi connectivity index (χ4v) is 4.43. The second-order valence-electron chi connectivity index (χ2n) is 8.27. The largest absolute Gasteiger partial charge is 0.383 e. The van der Waals surface area contributed by atoms with Crippen molar-refractivity contribution in [3.05, 3.63) is 37.1 Å². The highest BCUT2D eigenvalue weighted by atomic mass is 15.3. The Morgan fingerprint density at radius 2 is 2.00 bits per heavy atom. The maximum absolute atomic E-state index is 9.47. The van der Waals surface area contributed by atoms with Gasteiger partial charge in [-0.3, -0.25) is 9.36 Å². The normalized spacial score (nSPS) is 21.4. The minimum absolute atomic E-state index is 0.191. The van der Waals surface area contributed by atoms with Gasteiger partial charge >= 0.3 is 0 Å². The Kier molecular flexibility index (Phi) is 4.48. The first-order chi connectivity index (χ1) is 15.0. The SMILES string of the molecule is Cn1ncc(-c2cn3nccc3c(-c3cnn(C4(CC#N)CCC(N)CC4)c3)n2)c1N. The Morgan fingerprint density at radius 3 is 2.71 bits per heavy atom. The van der Waals surface area contributed by atoms with Gasteiger partial charge in [0.2, 0.25) is 0 Å². The van der Waals surface area contributed by atoms with Crippen LogP contribution in [0.5, 0.6) is 0 Å². The molecule has 0 unspecified atom stereocenters. The van der Waals surface area contributed by atoms with Crippen LogP contribution < -0.4 is 11.5 Å². The lowest BCUT2D eigenvalue weighted by Crippen LogP contribution is -2.41. The molecule has 0 bridgehead atoms. The van der Waals surface area contributed by atoms with Gasteiger partial charge in [-0.2, -0.15) is 20.6 Å². The number of aromatic nitrogens is 7. The van der Waals surface area contributed by atoms with E-state index in [0.29, 0.717) is 17.9 Å². The molecule has 1 aliphatic carbocycles. The van der Waals surface area contributed by atoms with Crippen LogP contribution in [0.4, 0.5) is 5.82 Å². The summed E-state index contributed by atoms with van der Waals surface area (Å²) >= 11 is 0. The highest BCUT2D eigenvalue weighted by Gasteiger charge is 2.37. The maximum Gasteiger partial charge on any atom is 0.130 e. The molecule has 31 heavy (non-hydrogen) atoms. The maximum atomic E-state index is 9.47. The fraction of sp³-hybridized carbons (Fsp3) is 0.381. The van der Waals surface area contributed by atoms with Crippen LogP contribution >= 0.6 is 0 Å². The lowest BCUT2D eigenvalue weighted by molar-refractivity contribution is 0.166. The quantitative estimate of drug-likeness (QED) is 0.518. The molecule has 4 N–H and O–H groups in total. The lowest BCUT2D eigenvalue weighted by Gasteiger charge is -2.38. The fourth-order valence-electron chi connectivity index (χ4n) is 4.43. The van der Waals surface area contributed by atoms with Crippen molar-refractivity contribution < 1.29 is 0 Å². The van der Waals surface area contributed by atoms with Gasteiger partial charge in [0, 0.05) is 24.8 Å². The molecule has 1 fully saturated rings. The molecule has 0 amide bonds. The van der Waals surface area contributed by atoms with E-state index in [9.17, 15) is 5.26 Å². The molecule has 5 rings (SSSR count). The first-order valence-corrected chi connectivity index (χ1v) is 10.3. The van der Waals surface area contributed by atoms with Crippen LogP contribution in [0.3, 0.4) is 0 Å². The van der Waals surface area contributed by atoms with Crippen LogP contribution in [0.2, 0.25) is 0 Å². The number of rotatable bonds is 4. The van der Waals surface area contributed by atoms with Crippen molar-refractivity contribution in [2.45, 2.75) is 43.7 Å². The second kappa shape index (κ2) is 7.21. The summed E-state index contributed by atoms with van der Waals surface area (Å²) in [6.45, 7) is 0. The molecule has 0 spiro atoms. The predicted octanol–water partition coefficient (Wildman–Crippen LogP) is 2.09. The summed E-state index contributed by atoms with van der Waals surface area (Å²) in [5.41, 5.74) is 15.9. The Labute approximate surface area is 179 Å². The molecule has 4 aromatic heterocycles. The van der Waals surface area contributed by atoms with E-state index in [4.69, 9.17) is 16.5 Å². The smallest absolute Gasteiger partial charge is 0.130 e. The average Bonchev–Trinajstić information content (AvgIpc) is 3.51. The van der Waals surface area contributed by atoms with Crippen molar-refractivity contribution in [1.29, 1.82) is 5.26 Å². The molecule has 10 nitrogen and oxygen atoms in total. The molecule has 0 atom stereocenters. The van der Waals surface area contributed by atoms with E-state index in [0.717, 1.165) is 48.0 Å². The minimum atomic E-state index is -0.329. The Hall–Kier alpha value is -3.71. The van der Waals surface area contributed by atoms with Gasteiger partial charge in [-0.15, -0.1) is 0 Å². The Bertz CT molecular complexity index is 1280. The lowest BCUT2D eigenvalue weighted by atomic mass is 9.78. The van der Waals surface area contributed by atoms with E-state index in [1.54, 1.807) is 34.8 Å². The first-order valence-electron chi connectivity index (χ1n) is 10.3. The number of nitrogen functional groups attached to an aromatic ring is 1. The summed E-state index contributed by atoms with van der Waals surface area (Å²) in [4.78, 5) is 4.89. The molecule has 1 aliphatic rings. The highest BCUT2D eigenvalue weighted by Crippen LogP contribution is 2.38. The molecule has 0 saturated heterocycles. The monoisotopic (exact) mass is 416 g/mol. The number of nitrogens with two attached hydrogens (primary N) is 2. The van der Waals surface area contributed by atoms with Gasteiger partial charge in [-0.05, 0) is 31.7 Å². The highest BCUT2D eigenvalue weighted by molar-refractivity contribution is 5.80. The molecule has 4 heterocycles. The molecular weight excluding hydrogens is 392 g/mol. The third kappa shape index (κ3) is 3.14. The van der Waals surface area contributed by atoms with Crippen molar-refractivity contribution in [3.63, 3.8) is 0 Å². The summed E-state index contributed by atoms with van der Waals surface area (Å²) in [6.07, 6.45) is 12.9. The zero-order valence-corrected chi connectivity index (χ0v) is 17.3. The van der Waals surface area contributed by atoms with E-state index in [-0.39, 0.29) is 11.6 Å². The van der Waals surface area contributed by atoms with E-state index < -0.39 is 0 Å². The molecule has 0 aromatic carbocycles. The predicted molar refractivity (Wildman–Crippen MR) is 115 cm³/mol. The van der Waals surface area contributed by atoms with Crippen LogP contribution in [0, 0.1) is 11.3 Å². The van der Waals surface area contributed by atoms with Crippen LogP contribution in [0.1, 0.15) is 32.1 Å². The van der Waals surface area contributed by atoms with Crippen LogP contribution in [-0.2, 0) is 12.6 Å². The third-order valence-corrected chi connectivity index (χ3v) is 6.36. The van der Waals surface area contributed by atoms with Crippen LogP contribution in [0.15, 0.2) is 37.1 Å². The van der Waals surface area contributed by atoms with Gasteiger partial charge in [0.05, 0.1) is 65.3 Å². The van der Waals surface area contributed by atoms with Crippen molar-refractivity contribution in [3.8, 4) is 28.6 Å². The number of fused-ring (bicyclic) bond motifs is 1. The Morgan fingerprint density at radius 1 is 1.19 bits per heavy atom. The first kappa shape index (κ1) is 19.3. The molecule has 10 heteroatoms. The summed E-state index contributed by atoms with van der Waals surface area (Å²) in [6, 6.07) is 4.46. The van der Waals surface area contributed by atoms with E-state index >= 15 is 0 Å². The van der Waals surface area contributed by atoms with Gasteiger partial charge in [0.15, 0.2) is 0 Å². The van der Waals surface area contributed by atoms with E-state index in [2.05, 4.69) is 21.4 Å². The Balaban J connectivity index is 1.61. The topological polar surface area (TPSA) is 142 Å². The van der Waals surface area contributed by atoms with E-state index in [1.807, 2.05) is 23.1 Å². The standard InChI is InChI=1S/C21H24N10/c1-29-20(24)16(11-26-29)17-13-30-18(4-9-25-30)19(28-17)14-10-27-31(12-14)21(7-8-22)5-2-15(23)3-6-21/h4,9-13,15H,2-3,5-7,23-24H2,1H3. The summed E-state index contributed by atoms with van der Waals surface area (Å²) < 4.78 is 5.34. The van der Waals surface area contributed by atoms with Gasteiger partial charge in [0.25, 0.3) is 0 Å². The number of nitriles is 1. The zero-order valence-electron chi connectivity index (χ0n) is 17.3. The summed E-state index contributed by atoms with van der Waals surface area (Å²) in [5, 5.41) is 22.8. The minimum Gasteiger partial charge on any atom is -0.383 e. The number of nitrogens with zero attached hydrogens (tertiary/aromatic N) is 8.